The molecule has 3 aromatic rings. The predicted octanol–water partition coefficient (Wildman–Crippen LogP) is 8.27. The van der Waals surface area contributed by atoms with Crippen molar-refractivity contribution in [3.8, 4) is 22.8 Å². The lowest BCUT2D eigenvalue weighted by Crippen LogP contribution is -2.17. The van der Waals surface area contributed by atoms with Crippen LogP contribution in [0.5, 0.6) is 11.6 Å². The molecule has 1 heterocycles. The van der Waals surface area contributed by atoms with E-state index in [-0.39, 0.29) is 36.0 Å². The number of carbonyl (C=O) groups is 1. The van der Waals surface area contributed by atoms with Gasteiger partial charge in [-0.1, -0.05) is 63.4 Å². The molecule has 2 aliphatic rings. The molecule has 7 heteroatoms. The number of carboxylic acid groups (broad SMARTS) is 1. The van der Waals surface area contributed by atoms with Crippen LogP contribution in [0.15, 0.2) is 48.7 Å². The van der Waals surface area contributed by atoms with E-state index >= 15 is 8.78 Å². The highest BCUT2D eigenvalue weighted by atomic mass is 19.1. The van der Waals surface area contributed by atoms with Gasteiger partial charge in [-0.3, -0.25) is 4.79 Å². The van der Waals surface area contributed by atoms with Gasteiger partial charge in [0.2, 0.25) is 5.88 Å². The molecule has 0 unspecified atom stereocenters. The molecule has 40 heavy (non-hydrogen) atoms. The topological polar surface area (TPSA) is 68.7 Å². The first-order valence-electron chi connectivity index (χ1n) is 14.1. The Kier molecular flexibility index (Phi) is 8.11. The summed E-state index contributed by atoms with van der Waals surface area (Å²) in [5.41, 5.74) is 3.58. The number of hydrogen-bond acceptors (Lipinski definition) is 4. The fourth-order valence-electron chi connectivity index (χ4n) is 6.28. The zero-order chi connectivity index (χ0) is 28.4. The maximum Gasteiger partial charge on any atom is 0.303 e. The van der Waals surface area contributed by atoms with Gasteiger partial charge in [0.15, 0.2) is 11.6 Å². The van der Waals surface area contributed by atoms with Crippen molar-refractivity contribution < 1.29 is 28.2 Å². The molecule has 0 amide bonds. The number of nitrogens with zero attached hydrogens (tertiary/aromatic N) is 1. The molecule has 2 aromatic carbocycles. The smallest absolute Gasteiger partial charge is 0.303 e. The maximum absolute atomic E-state index is 15.6. The van der Waals surface area contributed by atoms with Gasteiger partial charge in [-0.25, -0.2) is 13.8 Å². The summed E-state index contributed by atoms with van der Waals surface area (Å²) in [4.78, 5) is 15.5. The van der Waals surface area contributed by atoms with Crippen molar-refractivity contribution in [3.05, 3.63) is 77.0 Å². The molecule has 2 fully saturated rings. The first-order valence-corrected chi connectivity index (χ1v) is 14.1. The Morgan fingerprint density at radius 3 is 2.60 bits per heavy atom. The van der Waals surface area contributed by atoms with Gasteiger partial charge >= 0.3 is 5.97 Å². The minimum Gasteiger partial charge on any atom is -0.486 e. The number of pyridine rings is 1. The SMILES string of the molecule is COc1cc(-c2ccc(COc3cccc([C@@H](CC(=O)O)CC4CC4)c3F)cc2[C@H]2CCCC2(C)C)c(F)cn1. The van der Waals surface area contributed by atoms with E-state index in [1.54, 1.807) is 24.3 Å². The molecular formula is C33H37F2NO4. The van der Waals surface area contributed by atoms with Crippen molar-refractivity contribution >= 4 is 5.97 Å². The van der Waals surface area contributed by atoms with Crippen LogP contribution in [0.3, 0.4) is 0 Å². The number of methoxy groups -OCH3 is 1. The van der Waals surface area contributed by atoms with Crippen LogP contribution in [0.1, 0.15) is 87.3 Å². The Labute approximate surface area is 234 Å². The number of rotatable bonds is 11. The third-order valence-electron chi connectivity index (χ3n) is 8.64. The highest BCUT2D eigenvalue weighted by molar-refractivity contribution is 5.70. The second kappa shape index (κ2) is 11.6. The number of ether oxygens (including phenoxy) is 2. The fourth-order valence-corrected chi connectivity index (χ4v) is 6.28. The van der Waals surface area contributed by atoms with Gasteiger partial charge in [-0.15, -0.1) is 0 Å². The molecule has 2 aliphatic carbocycles. The monoisotopic (exact) mass is 549 g/mol. The predicted molar refractivity (Wildman–Crippen MR) is 150 cm³/mol. The van der Waals surface area contributed by atoms with Crippen molar-refractivity contribution in [1.29, 1.82) is 0 Å². The van der Waals surface area contributed by atoms with Crippen LogP contribution >= 0.6 is 0 Å². The normalized spacial score (nSPS) is 18.9. The minimum absolute atomic E-state index is 0.0446. The summed E-state index contributed by atoms with van der Waals surface area (Å²) in [7, 11) is 1.51. The average molecular weight is 550 g/mol. The molecule has 2 atom stereocenters. The summed E-state index contributed by atoms with van der Waals surface area (Å²) < 4.78 is 41.9. The van der Waals surface area contributed by atoms with E-state index in [9.17, 15) is 9.90 Å². The molecule has 212 valence electrons. The van der Waals surface area contributed by atoms with Gasteiger partial charge in [-0.2, -0.15) is 0 Å². The van der Waals surface area contributed by atoms with Crippen LogP contribution < -0.4 is 9.47 Å². The summed E-state index contributed by atoms with van der Waals surface area (Å²) in [5.74, 6) is -1.06. The molecule has 1 N–H and O–H groups in total. The Hall–Kier alpha value is -3.48. The van der Waals surface area contributed by atoms with E-state index in [2.05, 4.69) is 24.9 Å². The Morgan fingerprint density at radius 2 is 1.93 bits per heavy atom. The van der Waals surface area contributed by atoms with Crippen molar-refractivity contribution in [2.75, 3.05) is 7.11 Å². The molecule has 5 nitrogen and oxygen atoms in total. The Balaban J connectivity index is 1.44. The van der Waals surface area contributed by atoms with Crippen LogP contribution in [-0.4, -0.2) is 23.2 Å². The lowest BCUT2D eigenvalue weighted by atomic mass is 9.75. The number of aliphatic carboxylic acids is 1. The molecule has 0 aliphatic heterocycles. The van der Waals surface area contributed by atoms with Crippen LogP contribution in [0.25, 0.3) is 11.1 Å². The Bertz CT molecular complexity index is 1380. The number of benzene rings is 2. The lowest BCUT2D eigenvalue weighted by Gasteiger charge is -2.30. The summed E-state index contributed by atoms with van der Waals surface area (Å²) in [6.45, 7) is 4.63. The molecule has 5 rings (SSSR count). The van der Waals surface area contributed by atoms with Crippen molar-refractivity contribution in [3.63, 3.8) is 0 Å². The summed E-state index contributed by atoms with van der Waals surface area (Å²) in [5, 5.41) is 9.41. The first-order chi connectivity index (χ1) is 19.2. The minimum atomic E-state index is -0.929. The van der Waals surface area contributed by atoms with E-state index in [0.29, 0.717) is 29.3 Å². The largest absolute Gasteiger partial charge is 0.486 e. The van der Waals surface area contributed by atoms with Crippen LogP contribution in [0.2, 0.25) is 0 Å². The van der Waals surface area contributed by atoms with E-state index < -0.39 is 17.6 Å². The second-order valence-corrected chi connectivity index (χ2v) is 12.0. The van der Waals surface area contributed by atoms with Crippen molar-refractivity contribution in [2.45, 2.75) is 77.2 Å². The zero-order valence-electron chi connectivity index (χ0n) is 23.4. The second-order valence-electron chi connectivity index (χ2n) is 12.0. The van der Waals surface area contributed by atoms with E-state index in [0.717, 1.165) is 48.8 Å². The summed E-state index contributed by atoms with van der Waals surface area (Å²) in [6, 6.07) is 12.5. The highest BCUT2D eigenvalue weighted by Gasteiger charge is 2.37. The third-order valence-corrected chi connectivity index (χ3v) is 8.64. The molecular weight excluding hydrogens is 512 g/mol. The van der Waals surface area contributed by atoms with Crippen LogP contribution in [0.4, 0.5) is 8.78 Å². The lowest BCUT2D eigenvalue weighted by molar-refractivity contribution is -0.137. The highest BCUT2D eigenvalue weighted by Crippen LogP contribution is 2.51. The van der Waals surface area contributed by atoms with Crippen LogP contribution in [0, 0.1) is 23.0 Å². The van der Waals surface area contributed by atoms with Crippen molar-refractivity contribution in [2.24, 2.45) is 11.3 Å². The molecule has 0 saturated heterocycles. The third kappa shape index (κ3) is 6.13. The van der Waals surface area contributed by atoms with Gasteiger partial charge in [0, 0.05) is 11.6 Å². The molecule has 0 radical (unpaired) electrons. The molecule has 0 bridgehead atoms. The zero-order valence-corrected chi connectivity index (χ0v) is 23.4. The van der Waals surface area contributed by atoms with E-state index in [4.69, 9.17) is 9.47 Å². The number of halogens is 2. The van der Waals surface area contributed by atoms with Crippen LogP contribution in [-0.2, 0) is 11.4 Å². The van der Waals surface area contributed by atoms with Crippen molar-refractivity contribution in [1.82, 2.24) is 4.98 Å². The van der Waals surface area contributed by atoms with Gasteiger partial charge in [-0.05, 0) is 70.8 Å². The standard InChI is InChI=1S/C33H37F2NO4/c1-33(2)13-5-7-27(33)25-15-21(11-12-24(25)26-17-30(39-3)36-18-28(26)34)19-40-29-8-4-6-23(32(29)35)22(16-31(37)38)14-20-9-10-20/h4,6,8,11-12,15,17-18,20,22,27H,5,7,9-10,13-14,16,19H2,1-3H3,(H,37,38)/t22-,27-/m1/s1. The van der Waals surface area contributed by atoms with E-state index in [1.807, 2.05) is 12.1 Å². The molecule has 0 spiro atoms. The van der Waals surface area contributed by atoms with Gasteiger partial charge < -0.3 is 14.6 Å². The van der Waals surface area contributed by atoms with Gasteiger partial charge in [0.25, 0.3) is 0 Å². The van der Waals surface area contributed by atoms with E-state index in [1.165, 1.54) is 13.3 Å². The number of hydrogen-bond donors (Lipinski definition) is 1. The van der Waals surface area contributed by atoms with Gasteiger partial charge in [0.1, 0.15) is 12.4 Å². The fraction of sp³-hybridized carbons (Fsp3) is 0.455. The first kappa shape index (κ1) is 28.1. The number of carboxylic acids is 1. The Morgan fingerprint density at radius 1 is 1.12 bits per heavy atom. The molecule has 2 saturated carbocycles. The van der Waals surface area contributed by atoms with Gasteiger partial charge in [0.05, 0.1) is 19.7 Å². The average Bonchev–Trinajstić information content (AvgIpc) is 3.67. The quantitative estimate of drug-likeness (QED) is 0.261. The summed E-state index contributed by atoms with van der Waals surface area (Å²) >= 11 is 0. The maximum atomic E-state index is 15.6. The summed E-state index contributed by atoms with van der Waals surface area (Å²) in [6.07, 6.45) is 7.07. The molecule has 1 aromatic heterocycles. The number of aromatic nitrogens is 1.